The van der Waals surface area contributed by atoms with Gasteiger partial charge in [0.1, 0.15) is 5.75 Å². The standard InChI is InChI=1S/C24H28N2O3S/c1-15(27)23-14-20-21(7-4-8-22(20)30-23)25-17-5-3-6-18(13-17)26-24(28)16-9-11-19(29-2)12-10-16/h4,7-12,14-15,17-18,25,27H,3,5-6,13H2,1-2H3,(H,26,28)/t15?,17-,18+/m0/s1. The molecular weight excluding hydrogens is 396 g/mol. The molecule has 1 amide bonds. The molecule has 5 nitrogen and oxygen atoms in total. The molecule has 1 aromatic heterocycles. The van der Waals surface area contributed by atoms with Crippen molar-refractivity contribution in [1.82, 2.24) is 5.32 Å². The summed E-state index contributed by atoms with van der Waals surface area (Å²) in [6.45, 7) is 1.80. The quantitative estimate of drug-likeness (QED) is 0.514. The van der Waals surface area contributed by atoms with Gasteiger partial charge in [-0.25, -0.2) is 0 Å². The summed E-state index contributed by atoms with van der Waals surface area (Å²) in [6.07, 6.45) is 3.59. The van der Waals surface area contributed by atoms with E-state index >= 15 is 0 Å². The van der Waals surface area contributed by atoms with Crippen molar-refractivity contribution in [1.29, 1.82) is 0 Å². The lowest BCUT2D eigenvalue weighted by molar-refractivity contribution is 0.0926. The maximum atomic E-state index is 12.6. The highest BCUT2D eigenvalue weighted by Crippen LogP contribution is 2.35. The number of hydrogen-bond donors (Lipinski definition) is 3. The predicted octanol–water partition coefficient (Wildman–Crippen LogP) is 5.12. The van der Waals surface area contributed by atoms with Crippen molar-refractivity contribution in [2.45, 2.75) is 50.8 Å². The Kier molecular flexibility index (Phi) is 6.25. The van der Waals surface area contributed by atoms with E-state index in [-0.39, 0.29) is 11.9 Å². The van der Waals surface area contributed by atoms with Gasteiger partial charge < -0.3 is 20.5 Å². The number of rotatable bonds is 6. The highest BCUT2D eigenvalue weighted by Gasteiger charge is 2.24. The van der Waals surface area contributed by atoms with Crippen LogP contribution in [0.15, 0.2) is 48.5 Å². The number of fused-ring (bicyclic) bond motifs is 1. The summed E-state index contributed by atoms with van der Waals surface area (Å²) in [5, 5.41) is 18.0. The molecule has 3 N–H and O–H groups in total. The molecule has 30 heavy (non-hydrogen) atoms. The molecule has 3 aromatic rings. The number of methoxy groups -OCH3 is 1. The van der Waals surface area contributed by atoms with Gasteiger partial charge in [0.25, 0.3) is 5.91 Å². The highest BCUT2D eigenvalue weighted by atomic mass is 32.1. The molecule has 0 radical (unpaired) electrons. The summed E-state index contributed by atoms with van der Waals surface area (Å²) in [4.78, 5) is 13.6. The molecule has 6 heteroatoms. The van der Waals surface area contributed by atoms with E-state index in [1.807, 2.05) is 12.1 Å². The molecule has 0 spiro atoms. The number of carbonyl (C=O) groups is 1. The molecule has 1 aliphatic carbocycles. The highest BCUT2D eigenvalue weighted by molar-refractivity contribution is 7.19. The number of benzene rings is 2. The Labute approximate surface area is 181 Å². The lowest BCUT2D eigenvalue weighted by Gasteiger charge is -2.31. The normalized spacial score (nSPS) is 20.0. The summed E-state index contributed by atoms with van der Waals surface area (Å²) in [7, 11) is 1.62. The van der Waals surface area contributed by atoms with Crippen molar-refractivity contribution < 1.29 is 14.6 Å². The first-order valence-electron chi connectivity index (χ1n) is 10.5. The van der Waals surface area contributed by atoms with Gasteiger partial charge in [-0.15, -0.1) is 11.3 Å². The molecule has 1 saturated carbocycles. The van der Waals surface area contributed by atoms with Crippen molar-refractivity contribution in [3.63, 3.8) is 0 Å². The molecule has 3 atom stereocenters. The first-order valence-corrected chi connectivity index (χ1v) is 11.3. The van der Waals surface area contributed by atoms with Crippen LogP contribution in [0.1, 0.15) is 53.9 Å². The third-order valence-electron chi connectivity index (χ3n) is 5.71. The van der Waals surface area contributed by atoms with E-state index in [1.165, 1.54) is 4.70 Å². The van der Waals surface area contributed by atoms with Crippen LogP contribution in [-0.4, -0.2) is 30.2 Å². The third kappa shape index (κ3) is 4.60. The fourth-order valence-corrected chi connectivity index (χ4v) is 5.12. The number of carbonyl (C=O) groups excluding carboxylic acids is 1. The lowest BCUT2D eigenvalue weighted by Crippen LogP contribution is -2.41. The van der Waals surface area contributed by atoms with Crippen LogP contribution < -0.4 is 15.4 Å². The van der Waals surface area contributed by atoms with Crippen LogP contribution in [0.4, 0.5) is 5.69 Å². The van der Waals surface area contributed by atoms with E-state index < -0.39 is 6.10 Å². The van der Waals surface area contributed by atoms with E-state index in [1.54, 1.807) is 37.5 Å². The number of anilines is 1. The monoisotopic (exact) mass is 424 g/mol. The summed E-state index contributed by atoms with van der Waals surface area (Å²) >= 11 is 1.63. The summed E-state index contributed by atoms with van der Waals surface area (Å²) in [6, 6.07) is 16.0. The second-order valence-corrected chi connectivity index (χ2v) is 9.06. The molecule has 1 aliphatic rings. The smallest absolute Gasteiger partial charge is 0.251 e. The van der Waals surface area contributed by atoms with Crippen molar-refractivity contribution >= 4 is 33.0 Å². The average Bonchev–Trinajstić information content (AvgIpc) is 3.20. The zero-order valence-corrected chi connectivity index (χ0v) is 18.2. The minimum Gasteiger partial charge on any atom is -0.497 e. The van der Waals surface area contributed by atoms with Gasteiger partial charge in [0.05, 0.1) is 13.2 Å². The first kappa shape index (κ1) is 20.7. The van der Waals surface area contributed by atoms with E-state index in [9.17, 15) is 9.90 Å². The van der Waals surface area contributed by atoms with Crippen molar-refractivity contribution in [2.24, 2.45) is 0 Å². The molecule has 0 saturated heterocycles. The minimum atomic E-state index is -0.456. The Hall–Kier alpha value is -2.57. The Bertz CT molecular complexity index is 1010. The van der Waals surface area contributed by atoms with E-state index in [2.05, 4.69) is 34.9 Å². The van der Waals surface area contributed by atoms with Crippen LogP contribution in [0, 0.1) is 0 Å². The maximum Gasteiger partial charge on any atom is 0.251 e. The van der Waals surface area contributed by atoms with E-state index in [0.29, 0.717) is 11.6 Å². The van der Waals surface area contributed by atoms with Crippen LogP contribution in [0.5, 0.6) is 5.75 Å². The van der Waals surface area contributed by atoms with Crippen LogP contribution in [0.2, 0.25) is 0 Å². The Morgan fingerprint density at radius 1 is 1.17 bits per heavy atom. The number of thiophene rings is 1. The SMILES string of the molecule is COc1ccc(C(=O)N[C@@H]2CCC[C@H](Nc3cccc4sc(C(C)O)cc34)C2)cc1. The topological polar surface area (TPSA) is 70.6 Å². The van der Waals surface area contributed by atoms with Gasteiger partial charge in [0.2, 0.25) is 0 Å². The number of hydrogen-bond acceptors (Lipinski definition) is 5. The zero-order valence-electron chi connectivity index (χ0n) is 17.4. The molecule has 2 aromatic carbocycles. The second-order valence-electron chi connectivity index (χ2n) is 7.95. The fourth-order valence-electron chi connectivity index (χ4n) is 4.10. The van der Waals surface area contributed by atoms with Gasteiger partial charge in [-0.2, -0.15) is 0 Å². The minimum absolute atomic E-state index is 0.0372. The van der Waals surface area contributed by atoms with Gasteiger partial charge in [-0.05, 0) is 75.1 Å². The molecule has 4 rings (SSSR count). The van der Waals surface area contributed by atoms with Gasteiger partial charge in [0.15, 0.2) is 0 Å². The summed E-state index contributed by atoms with van der Waals surface area (Å²) in [5.41, 5.74) is 1.75. The molecule has 1 unspecified atom stereocenters. The van der Waals surface area contributed by atoms with Crippen LogP contribution in [0.25, 0.3) is 10.1 Å². The number of amides is 1. The van der Waals surface area contributed by atoms with Gasteiger partial charge in [-0.1, -0.05) is 6.07 Å². The van der Waals surface area contributed by atoms with Crippen LogP contribution in [-0.2, 0) is 0 Å². The lowest BCUT2D eigenvalue weighted by atomic mass is 9.90. The predicted molar refractivity (Wildman–Crippen MR) is 123 cm³/mol. The first-order chi connectivity index (χ1) is 14.5. The van der Waals surface area contributed by atoms with Crippen LogP contribution >= 0.6 is 11.3 Å². The zero-order chi connectivity index (χ0) is 21.1. The molecule has 158 valence electrons. The van der Waals surface area contributed by atoms with Gasteiger partial charge >= 0.3 is 0 Å². The fraction of sp³-hybridized carbons (Fsp3) is 0.375. The average molecular weight is 425 g/mol. The van der Waals surface area contributed by atoms with E-state index in [4.69, 9.17) is 4.74 Å². The number of ether oxygens (including phenoxy) is 1. The molecule has 1 heterocycles. The molecule has 1 fully saturated rings. The van der Waals surface area contributed by atoms with Gasteiger partial charge in [-0.3, -0.25) is 4.79 Å². The summed E-state index contributed by atoms with van der Waals surface area (Å²) < 4.78 is 6.34. The molecule has 0 bridgehead atoms. The molecular formula is C24H28N2O3S. The Morgan fingerprint density at radius 3 is 2.67 bits per heavy atom. The Balaban J connectivity index is 1.41. The number of nitrogens with one attached hydrogen (secondary N) is 2. The Morgan fingerprint density at radius 2 is 1.93 bits per heavy atom. The van der Waals surface area contributed by atoms with Crippen LogP contribution in [0.3, 0.4) is 0 Å². The maximum absolute atomic E-state index is 12.6. The number of aliphatic hydroxyl groups excluding tert-OH is 1. The van der Waals surface area contributed by atoms with Crippen molar-refractivity contribution in [2.75, 3.05) is 12.4 Å². The van der Waals surface area contributed by atoms with E-state index in [0.717, 1.165) is 47.4 Å². The summed E-state index contributed by atoms with van der Waals surface area (Å²) in [5.74, 6) is 0.708. The van der Waals surface area contributed by atoms with Gasteiger partial charge in [0, 0.05) is 38.3 Å². The largest absolute Gasteiger partial charge is 0.497 e. The van der Waals surface area contributed by atoms with Crippen molar-refractivity contribution in [3.8, 4) is 5.75 Å². The number of aliphatic hydroxyl groups is 1. The second kappa shape index (κ2) is 9.06. The van der Waals surface area contributed by atoms with Crippen molar-refractivity contribution in [3.05, 3.63) is 59.0 Å². The molecule has 0 aliphatic heterocycles. The third-order valence-corrected chi connectivity index (χ3v) is 6.98.